The van der Waals surface area contributed by atoms with Crippen LogP contribution >= 0.6 is 0 Å². The summed E-state index contributed by atoms with van der Waals surface area (Å²) in [5.41, 5.74) is 6.49. The molecule has 0 aliphatic rings. The van der Waals surface area contributed by atoms with Gasteiger partial charge in [0.05, 0.1) is 16.6 Å². The average Bonchev–Trinajstić information content (AvgIpc) is 2.67. The summed E-state index contributed by atoms with van der Waals surface area (Å²) in [7, 11) is 0. The molecule has 1 heterocycles. The number of benzene rings is 2. The van der Waals surface area contributed by atoms with Crippen molar-refractivity contribution in [2.24, 2.45) is 5.10 Å². The number of nitrogens with zero attached hydrogens (tertiary/aromatic N) is 3. The fourth-order valence-electron chi connectivity index (χ4n) is 2.93. The predicted molar refractivity (Wildman–Crippen MR) is 108 cm³/mol. The number of hydrogen-bond acceptors (Lipinski definition) is 4. The third-order valence-corrected chi connectivity index (χ3v) is 4.31. The zero-order valence-corrected chi connectivity index (χ0v) is 15.5. The van der Waals surface area contributed by atoms with E-state index in [2.05, 4.69) is 35.4 Å². The van der Waals surface area contributed by atoms with Crippen molar-refractivity contribution in [2.75, 3.05) is 5.43 Å². The van der Waals surface area contributed by atoms with Crippen LogP contribution in [0.2, 0.25) is 0 Å². The Bertz CT molecular complexity index is 1000. The van der Waals surface area contributed by atoms with Gasteiger partial charge in [0, 0.05) is 5.71 Å². The highest BCUT2D eigenvalue weighted by Crippen LogP contribution is 2.17. The van der Waals surface area contributed by atoms with Crippen LogP contribution < -0.4 is 11.0 Å². The van der Waals surface area contributed by atoms with Crippen LogP contribution in [0.4, 0.5) is 5.95 Å². The van der Waals surface area contributed by atoms with E-state index in [0.29, 0.717) is 16.9 Å². The third-order valence-electron chi connectivity index (χ3n) is 4.31. The first-order valence-electron chi connectivity index (χ1n) is 9.04. The number of rotatable bonds is 6. The molecule has 134 valence electrons. The van der Waals surface area contributed by atoms with E-state index in [4.69, 9.17) is 0 Å². The van der Waals surface area contributed by atoms with Gasteiger partial charge in [0.2, 0.25) is 5.95 Å². The largest absolute Gasteiger partial charge is 0.268 e. The lowest BCUT2D eigenvalue weighted by Gasteiger charge is -2.14. The van der Waals surface area contributed by atoms with Crippen LogP contribution in [0, 0.1) is 0 Å². The van der Waals surface area contributed by atoms with Crippen molar-refractivity contribution in [1.82, 2.24) is 9.55 Å². The molecular weight excluding hydrogens is 324 g/mol. The highest BCUT2D eigenvalue weighted by Gasteiger charge is 2.12. The molecule has 0 radical (unpaired) electrons. The first kappa shape index (κ1) is 17.9. The first-order valence-corrected chi connectivity index (χ1v) is 9.04. The van der Waals surface area contributed by atoms with Crippen LogP contribution in [-0.2, 0) is 6.42 Å². The van der Waals surface area contributed by atoms with Gasteiger partial charge in [-0.1, -0.05) is 44.5 Å². The van der Waals surface area contributed by atoms with Crippen molar-refractivity contribution in [3.05, 3.63) is 64.4 Å². The number of hydrazone groups is 1. The topological polar surface area (TPSA) is 59.3 Å². The molecule has 3 rings (SSSR count). The fourth-order valence-corrected chi connectivity index (χ4v) is 2.93. The van der Waals surface area contributed by atoms with E-state index in [1.807, 2.05) is 43.3 Å². The maximum atomic E-state index is 13.2. The van der Waals surface area contributed by atoms with Gasteiger partial charge in [-0.05, 0) is 49.6 Å². The summed E-state index contributed by atoms with van der Waals surface area (Å²) in [6, 6.07) is 15.3. The van der Waals surface area contributed by atoms with Gasteiger partial charge >= 0.3 is 0 Å². The standard InChI is InChI=1S/C21H24N4O/c1-4-9-15(3)23-24-21-22-19-13-7-6-12-18(19)20(26)25(21)17-11-8-10-16(5-2)14-17/h6-8,10-14H,4-5,9H2,1-3H3,(H,22,24)/b23-15+. The monoisotopic (exact) mass is 348 g/mol. The van der Waals surface area contributed by atoms with Crippen LogP contribution in [0.15, 0.2) is 58.4 Å². The molecule has 0 aliphatic heterocycles. The Morgan fingerprint density at radius 1 is 1.15 bits per heavy atom. The second kappa shape index (κ2) is 7.95. The molecule has 0 aliphatic carbocycles. The van der Waals surface area contributed by atoms with Gasteiger partial charge in [-0.25, -0.2) is 15.0 Å². The van der Waals surface area contributed by atoms with E-state index in [0.717, 1.165) is 30.7 Å². The van der Waals surface area contributed by atoms with Gasteiger partial charge in [0.1, 0.15) is 0 Å². The SMILES string of the molecule is CCC/C(C)=N/Nc1nc2ccccc2c(=O)n1-c1cccc(CC)c1. The first-order chi connectivity index (χ1) is 12.6. The highest BCUT2D eigenvalue weighted by atomic mass is 16.1. The third kappa shape index (κ3) is 3.67. The second-order valence-electron chi connectivity index (χ2n) is 6.33. The summed E-state index contributed by atoms with van der Waals surface area (Å²) in [6.45, 7) is 6.18. The number of aryl methyl sites for hydroxylation is 1. The van der Waals surface area contributed by atoms with Gasteiger partial charge in [-0.2, -0.15) is 5.10 Å². The number of nitrogens with one attached hydrogen (secondary N) is 1. The average molecular weight is 348 g/mol. The molecule has 0 spiro atoms. The summed E-state index contributed by atoms with van der Waals surface area (Å²) in [5.74, 6) is 0.428. The Labute approximate surface area is 153 Å². The highest BCUT2D eigenvalue weighted by molar-refractivity contribution is 5.83. The lowest BCUT2D eigenvalue weighted by atomic mass is 10.1. The van der Waals surface area contributed by atoms with Crippen LogP contribution in [0.5, 0.6) is 0 Å². The van der Waals surface area contributed by atoms with Crippen molar-refractivity contribution in [2.45, 2.75) is 40.0 Å². The normalized spacial score (nSPS) is 11.7. The van der Waals surface area contributed by atoms with Crippen molar-refractivity contribution >= 4 is 22.6 Å². The molecule has 0 unspecified atom stereocenters. The Kier molecular flexibility index (Phi) is 5.46. The van der Waals surface area contributed by atoms with Gasteiger partial charge < -0.3 is 0 Å². The fraction of sp³-hybridized carbons (Fsp3) is 0.286. The molecule has 0 saturated heterocycles. The molecule has 26 heavy (non-hydrogen) atoms. The molecule has 1 aromatic heterocycles. The van der Waals surface area contributed by atoms with E-state index in [-0.39, 0.29) is 5.56 Å². The minimum atomic E-state index is -0.102. The van der Waals surface area contributed by atoms with Crippen LogP contribution in [0.25, 0.3) is 16.6 Å². The predicted octanol–water partition coefficient (Wildman–Crippen LogP) is 4.54. The van der Waals surface area contributed by atoms with Crippen molar-refractivity contribution in [1.29, 1.82) is 0 Å². The van der Waals surface area contributed by atoms with Crippen LogP contribution in [0.3, 0.4) is 0 Å². The Hall–Kier alpha value is -2.95. The molecule has 0 bridgehead atoms. The van der Waals surface area contributed by atoms with E-state index in [1.165, 1.54) is 5.56 Å². The molecule has 3 aromatic rings. The zero-order valence-electron chi connectivity index (χ0n) is 15.5. The number of anilines is 1. The molecule has 0 saturated carbocycles. The quantitative estimate of drug-likeness (QED) is 0.526. The summed E-state index contributed by atoms with van der Waals surface area (Å²) in [4.78, 5) is 17.8. The summed E-state index contributed by atoms with van der Waals surface area (Å²) in [6.07, 6.45) is 2.82. The molecule has 1 N–H and O–H groups in total. The maximum Gasteiger partial charge on any atom is 0.267 e. The number of para-hydroxylation sites is 1. The number of hydrogen-bond donors (Lipinski definition) is 1. The zero-order chi connectivity index (χ0) is 18.5. The van der Waals surface area contributed by atoms with Crippen LogP contribution in [-0.4, -0.2) is 15.3 Å². The summed E-state index contributed by atoms with van der Waals surface area (Å²) in [5, 5.41) is 5.00. The van der Waals surface area contributed by atoms with E-state index in [9.17, 15) is 4.79 Å². The Balaban J connectivity index is 2.20. The molecular formula is C21H24N4O. The number of fused-ring (bicyclic) bond motifs is 1. The molecule has 0 amide bonds. The lowest BCUT2D eigenvalue weighted by Crippen LogP contribution is -2.23. The minimum Gasteiger partial charge on any atom is -0.268 e. The van der Waals surface area contributed by atoms with Gasteiger partial charge in [0.25, 0.3) is 5.56 Å². The van der Waals surface area contributed by atoms with Crippen molar-refractivity contribution in [3.8, 4) is 5.69 Å². The Morgan fingerprint density at radius 3 is 2.73 bits per heavy atom. The lowest BCUT2D eigenvalue weighted by molar-refractivity contribution is 0.940. The van der Waals surface area contributed by atoms with Gasteiger partial charge in [-0.3, -0.25) is 4.79 Å². The van der Waals surface area contributed by atoms with E-state index in [1.54, 1.807) is 10.6 Å². The maximum absolute atomic E-state index is 13.2. The Morgan fingerprint density at radius 2 is 1.96 bits per heavy atom. The summed E-state index contributed by atoms with van der Waals surface area (Å²) < 4.78 is 1.60. The van der Waals surface area contributed by atoms with Crippen LogP contribution in [0.1, 0.15) is 39.2 Å². The molecule has 5 heteroatoms. The molecule has 0 atom stereocenters. The summed E-state index contributed by atoms with van der Waals surface area (Å²) >= 11 is 0. The van der Waals surface area contributed by atoms with E-state index < -0.39 is 0 Å². The second-order valence-corrected chi connectivity index (χ2v) is 6.33. The van der Waals surface area contributed by atoms with Crippen molar-refractivity contribution < 1.29 is 0 Å². The minimum absolute atomic E-state index is 0.102. The molecule has 2 aromatic carbocycles. The van der Waals surface area contributed by atoms with E-state index >= 15 is 0 Å². The molecule has 5 nitrogen and oxygen atoms in total. The van der Waals surface area contributed by atoms with Crippen molar-refractivity contribution in [3.63, 3.8) is 0 Å². The van der Waals surface area contributed by atoms with Gasteiger partial charge in [-0.15, -0.1) is 0 Å². The number of aromatic nitrogens is 2. The smallest absolute Gasteiger partial charge is 0.267 e. The molecule has 0 fully saturated rings. The van der Waals surface area contributed by atoms with Gasteiger partial charge in [0.15, 0.2) is 0 Å².